The topological polar surface area (TPSA) is 101 Å². The van der Waals surface area contributed by atoms with Crippen molar-refractivity contribution in [2.45, 2.75) is 0 Å². The van der Waals surface area contributed by atoms with Crippen LogP contribution in [0.25, 0.3) is 176 Å². The van der Waals surface area contributed by atoms with Gasteiger partial charge >= 0.3 is 0 Å². The minimum absolute atomic E-state index is 0.325. The standard InChI is InChI=1S/C87H49N9/c88-50-53-41-54(51-89)43-55(42-53)69-49-87(96-84-39-35-59(93-78-29-13-5-21-65(78)66-22-6-14-30-79(66)93)47-72(84)73-48-60(36-40-85(73)96)94-80-31-15-7-23-67(80)68-24-8-16-32-81(68)94)86(44-56(69)52-90)95-82-37-33-57(91-74-25-9-1-17-61(74)62-18-2-10-26-75(62)91)45-70(82)71-46-58(34-38-83(71)95)92-76-27-11-3-19-63(76)64-20-4-12-28-77(64)92/h1-49H. The molecule has 0 N–H and O–H groups in total. The fourth-order valence-electron chi connectivity index (χ4n) is 16.1. The van der Waals surface area contributed by atoms with E-state index in [2.05, 4.69) is 319 Å². The Hall–Kier alpha value is -13.7. The van der Waals surface area contributed by atoms with Gasteiger partial charge in [0.1, 0.15) is 0 Å². The Morgan fingerprint density at radius 3 is 0.688 bits per heavy atom. The zero-order chi connectivity index (χ0) is 63.4. The smallest absolute Gasteiger partial charge is 0.0998 e. The maximum absolute atomic E-state index is 11.7. The predicted molar refractivity (Wildman–Crippen MR) is 392 cm³/mol. The number of aromatic nitrogens is 6. The molecule has 0 aliphatic heterocycles. The van der Waals surface area contributed by atoms with E-state index in [1.807, 2.05) is 6.07 Å². The number of para-hydroxylation sites is 8. The van der Waals surface area contributed by atoms with Gasteiger partial charge in [-0.25, -0.2) is 0 Å². The molecule has 0 fully saturated rings. The van der Waals surface area contributed by atoms with Crippen molar-refractivity contribution < 1.29 is 0 Å². The summed E-state index contributed by atoms with van der Waals surface area (Å²) in [5.41, 5.74) is 20.5. The Bertz CT molecular complexity index is 6360. The number of benzene rings is 14. The largest absolute Gasteiger partial charge is 0.309 e. The monoisotopic (exact) mass is 1220 g/mol. The van der Waals surface area contributed by atoms with Crippen molar-refractivity contribution in [1.29, 1.82) is 15.8 Å². The molecule has 9 nitrogen and oxygen atoms in total. The van der Waals surface area contributed by atoms with Crippen LogP contribution in [0.1, 0.15) is 16.7 Å². The molecular weight excluding hydrogens is 1170 g/mol. The average molecular weight is 1220 g/mol. The zero-order valence-electron chi connectivity index (χ0n) is 51.3. The maximum Gasteiger partial charge on any atom is 0.0998 e. The lowest BCUT2D eigenvalue weighted by Crippen LogP contribution is -2.06. The van der Waals surface area contributed by atoms with Crippen LogP contribution in [-0.4, -0.2) is 27.4 Å². The molecule has 0 saturated carbocycles. The fourth-order valence-corrected chi connectivity index (χ4v) is 16.1. The minimum atomic E-state index is 0.325. The van der Waals surface area contributed by atoms with E-state index in [-0.39, 0.29) is 0 Å². The third-order valence-electron chi connectivity index (χ3n) is 20.0. The first-order valence-electron chi connectivity index (χ1n) is 32.2. The number of nitrogens with zero attached hydrogens (tertiary/aromatic N) is 9. The zero-order valence-corrected chi connectivity index (χ0v) is 51.3. The summed E-state index contributed by atoms with van der Waals surface area (Å²) in [7, 11) is 0. The summed E-state index contributed by atoms with van der Waals surface area (Å²) in [4.78, 5) is 0. The first-order chi connectivity index (χ1) is 47.5. The van der Waals surface area contributed by atoms with Crippen molar-refractivity contribution in [3.63, 3.8) is 0 Å². The van der Waals surface area contributed by atoms with Crippen LogP contribution in [-0.2, 0) is 0 Å². The van der Waals surface area contributed by atoms with Crippen LogP contribution in [0.2, 0.25) is 0 Å². The fraction of sp³-hybridized carbons (Fsp3) is 0. The molecule has 6 aromatic heterocycles. The van der Waals surface area contributed by atoms with Gasteiger partial charge in [-0.05, 0) is 157 Å². The molecule has 96 heavy (non-hydrogen) atoms. The van der Waals surface area contributed by atoms with Crippen LogP contribution in [0.15, 0.2) is 297 Å². The molecule has 9 heteroatoms. The third-order valence-corrected chi connectivity index (χ3v) is 20.0. The molecule has 20 aromatic rings. The van der Waals surface area contributed by atoms with E-state index in [0.29, 0.717) is 27.8 Å². The van der Waals surface area contributed by atoms with Crippen molar-refractivity contribution in [2.75, 3.05) is 0 Å². The van der Waals surface area contributed by atoms with Crippen molar-refractivity contribution in [3.05, 3.63) is 314 Å². The molecule has 20 rings (SSSR count). The Morgan fingerprint density at radius 1 is 0.198 bits per heavy atom. The number of rotatable bonds is 7. The molecule has 0 aliphatic rings. The van der Waals surface area contributed by atoms with Crippen molar-refractivity contribution in [1.82, 2.24) is 27.4 Å². The molecule has 0 aliphatic carbocycles. The van der Waals surface area contributed by atoms with Crippen LogP contribution >= 0.6 is 0 Å². The highest BCUT2D eigenvalue weighted by molar-refractivity contribution is 6.17. The molecule has 0 saturated heterocycles. The van der Waals surface area contributed by atoms with E-state index < -0.39 is 0 Å². The van der Waals surface area contributed by atoms with Gasteiger partial charge < -0.3 is 27.4 Å². The average Bonchev–Trinajstić information content (AvgIpc) is 1.54. The number of nitriles is 3. The van der Waals surface area contributed by atoms with E-state index in [1.54, 1.807) is 18.2 Å². The van der Waals surface area contributed by atoms with Gasteiger partial charge in [-0.3, -0.25) is 0 Å². The summed E-state index contributed by atoms with van der Waals surface area (Å²) in [5, 5.41) is 46.2. The van der Waals surface area contributed by atoms with E-state index in [1.165, 1.54) is 43.1 Å². The molecule has 0 unspecified atom stereocenters. The van der Waals surface area contributed by atoms with Gasteiger partial charge in [-0.2, -0.15) is 15.8 Å². The van der Waals surface area contributed by atoms with Crippen LogP contribution in [0, 0.1) is 34.0 Å². The second kappa shape index (κ2) is 20.2. The highest BCUT2D eigenvalue weighted by Crippen LogP contribution is 2.46. The Balaban J connectivity index is 0.923. The molecule has 14 aromatic carbocycles. The van der Waals surface area contributed by atoms with Gasteiger partial charge in [0.05, 0.1) is 112 Å². The quantitative estimate of drug-likeness (QED) is 0.159. The van der Waals surface area contributed by atoms with Gasteiger partial charge in [0.15, 0.2) is 0 Å². The van der Waals surface area contributed by atoms with Crippen LogP contribution in [0.3, 0.4) is 0 Å². The minimum Gasteiger partial charge on any atom is -0.309 e. The van der Waals surface area contributed by atoms with Gasteiger partial charge in [0, 0.05) is 92.9 Å². The van der Waals surface area contributed by atoms with E-state index >= 15 is 0 Å². The third kappa shape index (κ3) is 7.46. The summed E-state index contributed by atoms with van der Waals surface area (Å²) in [6.45, 7) is 0. The predicted octanol–water partition coefficient (Wildman–Crippen LogP) is 21.6. The number of hydrogen-bond donors (Lipinski definition) is 0. The summed E-state index contributed by atoms with van der Waals surface area (Å²) in [5.74, 6) is 0. The molecule has 0 bridgehead atoms. The van der Waals surface area contributed by atoms with Gasteiger partial charge in [-0.1, -0.05) is 146 Å². The van der Waals surface area contributed by atoms with Crippen LogP contribution in [0.5, 0.6) is 0 Å². The molecular formula is C87H49N9. The molecule has 0 amide bonds. The summed E-state index contributed by atoms with van der Waals surface area (Å²) in [6.07, 6.45) is 0. The Labute approximate surface area is 548 Å². The van der Waals surface area contributed by atoms with Crippen LogP contribution < -0.4 is 0 Å². The summed E-state index contributed by atoms with van der Waals surface area (Å²) >= 11 is 0. The molecule has 0 spiro atoms. The van der Waals surface area contributed by atoms with Crippen molar-refractivity contribution >= 4 is 131 Å². The second-order valence-corrected chi connectivity index (χ2v) is 25.0. The first kappa shape index (κ1) is 53.1. The van der Waals surface area contributed by atoms with Gasteiger partial charge in [0.25, 0.3) is 0 Å². The molecule has 442 valence electrons. The van der Waals surface area contributed by atoms with Crippen molar-refractivity contribution in [2.24, 2.45) is 0 Å². The maximum atomic E-state index is 11.7. The lowest BCUT2D eigenvalue weighted by atomic mass is 9.95. The SMILES string of the molecule is N#Cc1cc(C#N)cc(-c2cc(-n3c4ccc(-n5c6ccccc6c6ccccc65)cc4c4cc(-n5c6ccccc6c6ccccc65)ccc43)c(-n3c4ccc(-n5c6ccccc6c6ccccc65)cc4c4cc(-n5c6ccccc6c6ccccc65)ccc43)cc2C#N)c1. The Kier molecular flexibility index (Phi) is 11.1. The Morgan fingerprint density at radius 2 is 0.438 bits per heavy atom. The van der Waals surface area contributed by atoms with E-state index in [4.69, 9.17) is 0 Å². The van der Waals surface area contributed by atoms with Crippen LogP contribution in [0.4, 0.5) is 0 Å². The lowest BCUT2D eigenvalue weighted by molar-refractivity contribution is 1.09. The first-order valence-corrected chi connectivity index (χ1v) is 32.2. The molecule has 6 heterocycles. The molecule has 0 radical (unpaired) electrons. The van der Waals surface area contributed by atoms with E-state index in [9.17, 15) is 15.8 Å². The summed E-state index contributed by atoms with van der Waals surface area (Å²) in [6, 6.07) is 113. The van der Waals surface area contributed by atoms with Gasteiger partial charge in [-0.15, -0.1) is 0 Å². The van der Waals surface area contributed by atoms with Crippen molar-refractivity contribution in [3.8, 4) is 63.5 Å². The molecule has 0 atom stereocenters. The lowest BCUT2D eigenvalue weighted by Gasteiger charge is -2.20. The van der Waals surface area contributed by atoms with E-state index in [0.717, 1.165) is 122 Å². The highest BCUT2D eigenvalue weighted by atomic mass is 15.1. The highest BCUT2D eigenvalue weighted by Gasteiger charge is 2.27. The normalized spacial score (nSPS) is 11.9. The van der Waals surface area contributed by atoms with Gasteiger partial charge in [0.2, 0.25) is 0 Å². The number of hydrogen-bond acceptors (Lipinski definition) is 3. The second-order valence-electron chi connectivity index (χ2n) is 25.0. The number of fused-ring (bicyclic) bond motifs is 18. The summed E-state index contributed by atoms with van der Waals surface area (Å²) < 4.78 is 14.2.